The molecule has 1 aromatic rings. The average molecular weight is 330 g/mol. The first-order valence-corrected chi connectivity index (χ1v) is 8.02. The van der Waals surface area contributed by atoms with Gasteiger partial charge in [-0.05, 0) is 43.5 Å². The Kier molecular flexibility index (Phi) is 7.62. The highest BCUT2D eigenvalue weighted by Crippen LogP contribution is 2.24. The number of halogens is 2. The molecule has 1 N–H and O–H groups in total. The molecule has 0 saturated heterocycles. The summed E-state index contributed by atoms with van der Waals surface area (Å²) in [5.74, 6) is 0.497. The minimum atomic E-state index is -0.186. The molecule has 19 heavy (non-hydrogen) atoms. The second-order valence-electron chi connectivity index (χ2n) is 5.15. The predicted molar refractivity (Wildman–Crippen MR) is 84.0 cm³/mol. The number of nitrogens with one attached hydrogen (secondary N) is 1. The Balaban J connectivity index is 2.73. The van der Waals surface area contributed by atoms with Gasteiger partial charge in [0.1, 0.15) is 5.82 Å². The summed E-state index contributed by atoms with van der Waals surface area (Å²) in [6.07, 6.45) is 5.91. The molecule has 2 atom stereocenters. The first-order chi connectivity index (χ1) is 9.12. The van der Waals surface area contributed by atoms with Crippen molar-refractivity contribution in [3.8, 4) is 0 Å². The van der Waals surface area contributed by atoms with Crippen LogP contribution in [-0.4, -0.2) is 13.1 Å². The molecule has 0 aromatic heterocycles. The zero-order valence-electron chi connectivity index (χ0n) is 12.2. The van der Waals surface area contributed by atoms with Gasteiger partial charge in [-0.15, -0.1) is 0 Å². The monoisotopic (exact) mass is 329 g/mol. The summed E-state index contributed by atoms with van der Waals surface area (Å²) in [5, 5.41) is 3.44. The van der Waals surface area contributed by atoms with Gasteiger partial charge >= 0.3 is 0 Å². The topological polar surface area (TPSA) is 12.0 Å². The lowest BCUT2D eigenvalue weighted by molar-refractivity contribution is 0.330. The van der Waals surface area contributed by atoms with E-state index in [9.17, 15) is 4.39 Å². The third-order valence-corrected chi connectivity index (χ3v) is 4.59. The van der Waals surface area contributed by atoms with Gasteiger partial charge in [0.2, 0.25) is 0 Å². The summed E-state index contributed by atoms with van der Waals surface area (Å²) >= 11 is 3.46. The van der Waals surface area contributed by atoms with Crippen LogP contribution in [-0.2, 0) is 6.42 Å². The molecular weight excluding hydrogens is 305 g/mol. The van der Waals surface area contributed by atoms with E-state index in [4.69, 9.17) is 0 Å². The molecule has 0 saturated carbocycles. The molecule has 2 unspecified atom stereocenters. The molecule has 0 spiro atoms. The molecule has 3 heteroatoms. The third kappa shape index (κ3) is 5.23. The summed E-state index contributed by atoms with van der Waals surface area (Å²) in [6, 6.07) is 5.43. The van der Waals surface area contributed by atoms with Crippen molar-refractivity contribution in [1.82, 2.24) is 5.32 Å². The second kappa shape index (κ2) is 8.70. The van der Waals surface area contributed by atoms with Gasteiger partial charge < -0.3 is 5.32 Å². The molecule has 0 heterocycles. The molecule has 0 radical (unpaired) electrons. The van der Waals surface area contributed by atoms with E-state index >= 15 is 0 Å². The van der Waals surface area contributed by atoms with Crippen molar-refractivity contribution in [2.24, 2.45) is 5.92 Å². The molecular formula is C16H25BrFN. The van der Waals surface area contributed by atoms with Crippen LogP contribution in [0.2, 0.25) is 0 Å². The Bertz CT molecular complexity index is 381. The SMILES string of the molecule is CCCCC(CC)C(Cc1ccc(F)cc1Br)NC. The quantitative estimate of drug-likeness (QED) is 0.712. The van der Waals surface area contributed by atoms with Crippen molar-refractivity contribution in [2.75, 3.05) is 7.05 Å². The molecule has 108 valence electrons. The summed E-state index contributed by atoms with van der Waals surface area (Å²) < 4.78 is 14.0. The number of unbranched alkanes of at least 4 members (excludes halogenated alkanes) is 1. The van der Waals surface area contributed by atoms with Gasteiger partial charge in [-0.3, -0.25) is 0 Å². The van der Waals surface area contributed by atoms with Crippen LogP contribution in [0.1, 0.15) is 45.1 Å². The zero-order chi connectivity index (χ0) is 14.3. The number of hydrogen-bond donors (Lipinski definition) is 1. The van der Waals surface area contributed by atoms with Crippen molar-refractivity contribution in [3.05, 3.63) is 34.1 Å². The maximum atomic E-state index is 13.1. The lowest BCUT2D eigenvalue weighted by atomic mass is 9.87. The van der Waals surface area contributed by atoms with Crippen LogP contribution in [0.3, 0.4) is 0 Å². The van der Waals surface area contributed by atoms with Crippen LogP contribution in [0.15, 0.2) is 22.7 Å². The number of hydrogen-bond acceptors (Lipinski definition) is 1. The fraction of sp³-hybridized carbons (Fsp3) is 0.625. The van der Waals surface area contributed by atoms with E-state index in [-0.39, 0.29) is 5.82 Å². The first kappa shape index (κ1) is 16.6. The molecule has 0 bridgehead atoms. The highest BCUT2D eigenvalue weighted by Gasteiger charge is 2.19. The van der Waals surface area contributed by atoms with Crippen molar-refractivity contribution < 1.29 is 4.39 Å². The maximum absolute atomic E-state index is 13.1. The van der Waals surface area contributed by atoms with Crippen molar-refractivity contribution in [1.29, 1.82) is 0 Å². The lowest BCUT2D eigenvalue weighted by Gasteiger charge is -2.26. The minimum Gasteiger partial charge on any atom is -0.316 e. The van der Waals surface area contributed by atoms with E-state index in [1.165, 1.54) is 31.2 Å². The minimum absolute atomic E-state index is 0.186. The standard InChI is InChI=1S/C16H25BrFN/c1-4-6-7-12(5-2)16(19-3)10-13-8-9-14(18)11-15(13)17/h8-9,11-12,16,19H,4-7,10H2,1-3H3. The van der Waals surface area contributed by atoms with Crippen molar-refractivity contribution >= 4 is 15.9 Å². The normalized spacial score (nSPS) is 14.4. The molecule has 0 fully saturated rings. The number of likely N-dealkylation sites (N-methyl/N-ethyl adjacent to an activating group) is 1. The van der Waals surface area contributed by atoms with E-state index in [1.54, 1.807) is 12.1 Å². The maximum Gasteiger partial charge on any atom is 0.124 e. The zero-order valence-corrected chi connectivity index (χ0v) is 13.8. The van der Waals surface area contributed by atoms with Crippen LogP contribution >= 0.6 is 15.9 Å². The molecule has 1 nitrogen and oxygen atoms in total. The van der Waals surface area contributed by atoms with Crippen molar-refractivity contribution in [2.45, 2.75) is 52.0 Å². The smallest absolute Gasteiger partial charge is 0.124 e. The fourth-order valence-corrected chi connectivity index (χ4v) is 3.10. The van der Waals surface area contributed by atoms with Crippen LogP contribution in [0.25, 0.3) is 0 Å². The molecule has 0 aliphatic rings. The average Bonchev–Trinajstić information content (AvgIpc) is 2.40. The van der Waals surface area contributed by atoms with E-state index in [0.717, 1.165) is 10.9 Å². The molecule has 1 rings (SSSR count). The number of rotatable bonds is 8. The summed E-state index contributed by atoms with van der Waals surface area (Å²) in [5.41, 5.74) is 1.18. The van der Waals surface area contributed by atoms with Crippen LogP contribution in [0, 0.1) is 11.7 Å². The highest BCUT2D eigenvalue weighted by atomic mass is 79.9. The summed E-state index contributed by atoms with van der Waals surface area (Å²) in [4.78, 5) is 0. The Labute approximate surface area is 125 Å². The van der Waals surface area contributed by atoms with Gasteiger partial charge in [-0.1, -0.05) is 55.1 Å². The Morgan fingerprint density at radius 3 is 2.58 bits per heavy atom. The van der Waals surface area contributed by atoms with Gasteiger partial charge in [-0.25, -0.2) is 4.39 Å². The van der Waals surface area contributed by atoms with E-state index in [1.807, 2.05) is 13.1 Å². The van der Waals surface area contributed by atoms with Crippen LogP contribution < -0.4 is 5.32 Å². The molecule has 0 amide bonds. The first-order valence-electron chi connectivity index (χ1n) is 7.23. The van der Waals surface area contributed by atoms with E-state index in [0.29, 0.717) is 12.0 Å². The molecule has 0 aliphatic carbocycles. The van der Waals surface area contributed by atoms with E-state index < -0.39 is 0 Å². The van der Waals surface area contributed by atoms with Crippen molar-refractivity contribution in [3.63, 3.8) is 0 Å². The van der Waals surface area contributed by atoms with Gasteiger partial charge in [0.15, 0.2) is 0 Å². The molecule has 1 aromatic carbocycles. The Morgan fingerprint density at radius 1 is 1.32 bits per heavy atom. The Hall–Kier alpha value is -0.410. The van der Waals surface area contributed by atoms with Gasteiger partial charge in [0.25, 0.3) is 0 Å². The Morgan fingerprint density at radius 2 is 2.05 bits per heavy atom. The summed E-state index contributed by atoms with van der Waals surface area (Å²) in [7, 11) is 2.02. The molecule has 0 aliphatic heterocycles. The third-order valence-electron chi connectivity index (χ3n) is 3.85. The lowest BCUT2D eigenvalue weighted by Crippen LogP contribution is -2.35. The predicted octanol–water partition coefficient (Wildman–Crippen LogP) is 4.94. The largest absolute Gasteiger partial charge is 0.316 e. The van der Waals surface area contributed by atoms with Crippen LogP contribution in [0.4, 0.5) is 4.39 Å². The second-order valence-corrected chi connectivity index (χ2v) is 6.00. The van der Waals surface area contributed by atoms with E-state index in [2.05, 4.69) is 35.1 Å². The summed E-state index contributed by atoms with van der Waals surface area (Å²) in [6.45, 7) is 4.49. The van der Waals surface area contributed by atoms with Gasteiger partial charge in [0, 0.05) is 10.5 Å². The number of benzene rings is 1. The van der Waals surface area contributed by atoms with Gasteiger partial charge in [0.05, 0.1) is 0 Å². The van der Waals surface area contributed by atoms with Crippen LogP contribution in [0.5, 0.6) is 0 Å². The highest BCUT2D eigenvalue weighted by molar-refractivity contribution is 9.10. The van der Waals surface area contributed by atoms with Gasteiger partial charge in [-0.2, -0.15) is 0 Å². The fourth-order valence-electron chi connectivity index (χ4n) is 2.58.